The maximum Gasteiger partial charge on any atom is 0.242 e. The molecule has 0 spiro atoms. The Morgan fingerprint density at radius 3 is 2.73 bits per heavy atom. The first-order valence-corrected chi connectivity index (χ1v) is 8.40. The molecule has 0 bridgehead atoms. The Hall–Kier alpha value is -1.62. The van der Waals surface area contributed by atoms with Crippen LogP contribution >= 0.6 is 15.9 Å². The summed E-state index contributed by atoms with van der Waals surface area (Å²) in [6.07, 6.45) is 3.85. The minimum Gasteiger partial charge on any atom is -0.341 e. The number of fused-ring (bicyclic) bond motifs is 1. The molecule has 1 amide bonds. The second-order valence-electron chi connectivity index (χ2n) is 6.03. The van der Waals surface area contributed by atoms with Crippen molar-refractivity contribution in [1.29, 1.82) is 0 Å². The van der Waals surface area contributed by atoms with Crippen molar-refractivity contribution in [3.63, 3.8) is 0 Å². The average Bonchev–Trinajstić information content (AvgIpc) is 2.50. The fourth-order valence-corrected chi connectivity index (χ4v) is 3.27. The van der Waals surface area contributed by atoms with Gasteiger partial charge in [-0.05, 0) is 37.0 Å². The molecule has 5 heteroatoms. The molecule has 0 N–H and O–H groups in total. The van der Waals surface area contributed by atoms with Gasteiger partial charge in [-0.3, -0.25) is 9.59 Å². The lowest BCUT2D eigenvalue weighted by Gasteiger charge is -2.30. The number of hydrogen-bond acceptors (Lipinski definition) is 2. The Morgan fingerprint density at radius 2 is 2.00 bits per heavy atom. The molecule has 2 aromatic rings. The van der Waals surface area contributed by atoms with Gasteiger partial charge in [0, 0.05) is 35.2 Å². The number of benzene rings is 1. The molecule has 0 radical (unpaired) electrons. The molecule has 1 saturated heterocycles. The third-order valence-electron chi connectivity index (χ3n) is 4.38. The van der Waals surface area contributed by atoms with Crippen LogP contribution in [0.15, 0.2) is 39.7 Å². The van der Waals surface area contributed by atoms with Gasteiger partial charge in [-0.25, -0.2) is 0 Å². The summed E-state index contributed by atoms with van der Waals surface area (Å²) in [5.41, 5.74) is 0.776. The normalized spacial score (nSPS) is 16.2. The number of carbonyl (C=O) groups is 1. The van der Waals surface area contributed by atoms with E-state index in [1.807, 2.05) is 21.6 Å². The van der Waals surface area contributed by atoms with E-state index in [4.69, 9.17) is 0 Å². The second kappa shape index (κ2) is 6.24. The van der Waals surface area contributed by atoms with Gasteiger partial charge in [0.2, 0.25) is 5.91 Å². The average molecular weight is 363 g/mol. The van der Waals surface area contributed by atoms with Gasteiger partial charge in [0.15, 0.2) is 5.43 Å². The molecular formula is C17H19BrN2O2. The van der Waals surface area contributed by atoms with Crippen LogP contribution in [0.3, 0.4) is 0 Å². The van der Waals surface area contributed by atoms with Gasteiger partial charge in [-0.1, -0.05) is 22.9 Å². The largest absolute Gasteiger partial charge is 0.341 e. The van der Waals surface area contributed by atoms with E-state index in [0.29, 0.717) is 11.3 Å². The van der Waals surface area contributed by atoms with Gasteiger partial charge in [0.25, 0.3) is 0 Å². The minimum atomic E-state index is -0.0157. The first kappa shape index (κ1) is 15.3. The van der Waals surface area contributed by atoms with E-state index in [1.165, 1.54) is 6.07 Å². The third kappa shape index (κ3) is 3.09. The van der Waals surface area contributed by atoms with Gasteiger partial charge < -0.3 is 9.47 Å². The van der Waals surface area contributed by atoms with E-state index >= 15 is 0 Å². The van der Waals surface area contributed by atoms with Gasteiger partial charge in [-0.2, -0.15) is 0 Å². The summed E-state index contributed by atoms with van der Waals surface area (Å²) in [6, 6.07) is 7.07. The quantitative estimate of drug-likeness (QED) is 0.823. The van der Waals surface area contributed by atoms with E-state index in [-0.39, 0.29) is 17.9 Å². The van der Waals surface area contributed by atoms with Crippen LogP contribution in [-0.4, -0.2) is 28.5 Å². The summed E-state index contributed by atoms with van der Waals surface area (Å²) < 4.78 is 2.76. The van der Waals surface area contributed by atoms with Crippen LogP contribution in [0, 0.1) is 5.92 Å². The van der Waals surface area contributed by atoms with Crippen molar-refractivity contribution in [3.8, 4) is 0 Å². The summed E-state index contributed by atoms with van der Waals surface area (Å²) >= 11 is 3.43. The zero-order valence-electron chi connectivity index (χ0n) is 12.6. The highest BCUT2D eigenvalue weighted by atomic mass is 79.9. The monoisotopic (exact) mass is 362 g/mol. The van der Waals surface area contributed by atoms with Gasteiger partial charge in [-0.15, -0.1) is 0 Å². The molecule has 116 valence electrons. The van der Waals surface area contributed by atoms with Crippen LogP contribution < -0.4 is 5.43 Å². The Morgan fingerprint density at radius 1 is 1.27 bits per heavy atom. The SMILES string of the molecule is CC1CCN(C(=O)Cn2ccc(=O)c3ccc(Br)cc32)CC1. The van der Waals surface area contributed by atoms with Crippen LogP contribution in [0.2, 0.25) is 0 Å². The molecule has 22 heavy (non-hydrogen) atoms. The molecule has 0 atom stereocenters. The number of pyridine rings is 1. The molecule has 1 aliphatic heterocycles. The summed E-state index contributed by atoms with van der Waals surface area (Å²) in [4.78, 5) is 26.4. The van der Waals surface area contributed by atoms with Crippen LogP contribution in [0.1, 0.15) is 19.8 Å². The van der Waals surface area contributed by atoms with E-state index in [0.717, 1.165) is 35.9 Å². The molecule has 2 heterocycles. The Kier molecular flexibility index (Phi) is 4.34. The molecule has 1 aromatic heterocycles. The van der Waals surface area contributed by atoms with E-state index in [2.05, 4.69) is 22.9 Å². The van der Waals surface area contributed by atoms with E-state index < -0.39 is 0 Å². The van der Waals surface area contributed by atoms with Crippen molar-refractivity contribution in [2.45, 2.75) is 26.3 Å². The van der Waals surface area contributed by atoms with Crippen LogP contribution in [0.25, 0.3) is 10.9 Å². The number of halogens is 1. The zero-order chi connectivity index (χ0) is 15.7. The molecule has 4 nitrogen and oxygen atoms in total. The molecule has 3 rings (SSSR count). The lowest BCUT2D eigenvalue weighted by Crippen LogP contribution is -2.39. The number of carbonyl (C=O) groups excluding carboxylic acids is 1. The highest BCUT2D eigenvalue weighted by Crippen LogP contribution is 2.19. The van der Waals surface area contributed by atoms with Crippen molar-refractivity contribution < 1.29 is 4.79 Å². The van der Waals surface area contributed by atoms with Crippen molar-refractivity contribution in [2.75, 3.05) is 13.1 Å². The predicted octanol–water partition coefficient (Wildman–Crippen LogP) is 3.02. The third-order valence-corrected chi connectivity index (χ3v) is 4.88. The smallest absolute Gasteiger partial charge is 0.242 e. The fourth-order valence-electron chi connectivity index (χ4n) is 2.92. The molecule has 1 aromatic carbocycles. The highest BCUT2D eigenvalue weighted by Gasteiger charge is 2.20. The Labute approximate surface area is 137 Å². The number of likely N-dealkylation sites (tertiary alicyclic amines) is 1. The van der Waals surface area contributed by atoms with Gasteiger partial charge in [0.05, 0.1) is 5.52 Å². The first-order valence-electron chi connectivity index (χ1n) is 7.61. The standard InChI is InChI=1S/C17H19BrN2O2/c1-12-4-7-19(8-5-12)17(22)11-20-9-6-16(21)14-3-2-13(18)10-15(14)20/h2-3,6,9-10,12H,4-5,7-8,11H2,1H3. The second-order valence-corrected chi connectivity index (χ2v) is 6.95. The maximum absolute atomic E-state index is 12.5. The zero-order valence-corrected chi connectivity index (χ0v) is 14.2. The lowest BCUT2D eigenvalue weighted by molar-refractivity contribution is -0.133. The minimum absolute atomic E-state index is 0.0157. The summed E-state index contributed by atoms with van der Waals surface area (Å²) in [7, 11) is 0. The number of piperidine rings is 1. The number of amides is 1. The summed E-state index contributed by atoms with van der Waals surface area (Å²) in [6.45, 7) is 4.18. The molecule has 1 fully saturated rings. The first-order chi connectivity index (χ1) is 10.5. The summed E-state index contributed by atoms with van der Waals surface area (Å²) in [5.74, 6) is 0.824. The van der Waals surface area contributed by atoms with Crippen molar-refractivity contribution in [2.24, 2.45) is 5.92 Å². The Bertz CT molecular complexity index is 761. The number of rotatable bonds is 2. The van der Waals surface area contributed by atoms with Crippen LogP contribution in [0.4, 0.5) is 0 Å². The number of aromatic nitrogens is 1. The van der Waals surface area contributed by atoms with Crippen molar-refractivity contribution >= 4 is 32.7 Å². The topological polar surface area (TPSA) is 42.3 Å². The number of nitrogens with zero attached hydrogens (tertiary/aromatic N) is 2. The van der Waals surface area contributed by atoms with E-state index in [1.54, 1.807) is 12.3 Å². The number of hydrogen-bond donors (Lipinski definition) is 0. The predicted molar refractivity (Wildman–Crippen MR) is 90.9 cm³/mol. The fraction of sp³-hybridized carbons (Fsp3) is 0.412. The van der Waals surface area contributed by atoms with Crippen LogP contribution in [0.5, 0.6) is 0 Å². The maximum atomic E-state index is 12.5. The lowest BCUT2D eigenvalue weighted by atomic mass is 9.99. The van der Waals surface area contributed by atoms with Crippen LogP contribution in [-0.2, 0) is 11.3 Å². The van der Waals surface area contributed by atoms with Crippen molar-refractivity contribution in [3.05, 3.63) is 45.2 Å². The highest BCUT2D eigenvalue weighted by molar-refractivity contribution is 9.10. The molecular weight excluding hydrogens is 344 g/mol. The van der Waals surface area contributed by atoms with Crippen molar-refractivity contribution in [1.82, 2.24) is 9.47 Å². The van der Waals surface area contributed by atoms with Gasteiger partial charge in [0.1, 0.15) is 6.54 Å². The van der Waals surface area contributed by atoms with Gasteiger partial charge >= 0.3 is 0 Å². The molecule has 1 aliphatic rings. The molecule has 0 unspecified atom stereocenters. The van der Waals surface area contributed by atoms with E-state index in [9.17, 15) is 9.59 Å². The Balaban J connectivity index is 1.87. The summed E-state index contributed by atoms with van der Waals surface area (Å²) in [5, 5.41) is 0.644. The molecule has 0 saturated carbocycles. The molecule has 0 aliphatic carbocycles.